The minimum absolute atomic E-state index is 0.0297. The highest BCUT2D eigenvalue weighted by atomic mass is 32.2. The summed E-state index contributed by atoms with van der Waals surface area (Å²) in [5, 5.41) is 21.9. The minimum atomic E-state index is -0.0297. The molecule has 134 valence electrons. The average molecular weight is 393 g/mol. The Hall–Kier alpha value is -2.89. The number of aliphatic hydroxyl groups is 1. The number of thioether (sulfide) groups is 1. The number of imidazole rings is 1. The van der Waals surface area contributed by atoms with Crippen molar-refractivity contribution < 1.29 is 5.11 Å². The van der Waals surface area contributed by atoms with Gasteiger partial charge in [-0.25, -0.2) is 15.0 Å². The van der Waals surface area contributed by atoms with Crippen LogP contribution in [-0.2, 0) is 0 Å². The normalized spacial score (nSPS) is 12.3. The number of rotatable bonds is 4. The van der Waals surface area contributed by atoms with Crippen LogP contribution >= 0.6 is 23.1 Å². The number of thiophene rings is 1. The molecule has 0 aliphatic rings. The van der Waals surface area contributed by atoms with Gasteiger partial charge in [0, 0.05) is 10.3 Å². The smallest absolute Gasteiger partial charge is 0.152 e. The van der Waals surface area contributed by atoms with Crippen molar-refractivity contribution in [2.45, 2.75) is 18.9 Å². The Labute approximate surface area is 163 Å². The maximum atomic E-state index is 10.5. The van der Waals surface area contributed by atoms with Gasteiger partial charge in [-0.15, -0.1) is 11.3 Å². The maximum absolute atomic E-state index is 10.5. The molecule has 8 heteroatoms. The fraction of sp³-hybridized carbons (Fsp3) is 0.158. The van der Waals surface area contributed by atoms with Crippen molar-refractivity contribution in [1.82, 2.24) is 19.9 Å². The maximum Gasteiger partial charge on any atom is 0.152 e. The number of fused-ring (bicyclic) bond motifs is 2. The molecule has 6 nitrogen and oxygen atoms in total. The van der Waals surface area contributed by atoms with Crippen molar-refractivity contribution in [3.05, 3.63) is 52.6 Å². The van der Waals surface area contributed by atoms with Crippen LogP contribution in [0.4, 0.5) is 0 Å². The standard InChI is InChI=1S/C19H15N5OS2/c1-10-11(2)27-19-16(10)18(21-9-22-19)26-8-15(25)12(7-20)17-23-13-5-3-4-6-14(13)24-17/h3-6,9,25H,8H2,1-2H3,(H,23,24)/b15-12-. The summed E-state index contributed by atoms with van der Waals surface area (Å²) in [5.41, 5.74) is 2.87. The lowest BCUT2D eigenvalue weighted by molar-refractivity contribution is 0.420. The van der Waals surface area contributed by atoms with Gasteiger partial charge in [0.1, 0.15) is 33.6 Å². The van der Waals surface area contributed by atoms with Gasteiger partial charge in [-0.2, -0.15) is 5.26 Å². The largest absolute Gasteiger partial charge is 0.510 e. The number of benzene rings is 1. The fourth-order valence-corrected chi connectivity index (χ4v) is 4.79. The van der Waals surface area contributed by atoms with E-state index in [0.29, 0.717) is 5.82 Å². The van der Waals surface area contributed by atoms with E-state index in [9.17, 15) is 10.4 Å². The zero-order valence-electron chi connectivity index (χ0n) is 14.6. The molecular formula is C19H15N5OS2. The third kappa shape index (κ3) is 3.16. The van der Waals surface area contributed by atoms with Gasteiger partial charge >= 0.3 is 0 Å². The first-order valence-electron chi connectivity index (χ1n) is 8.19. The predicted molar refractivity (Wildman–Crippen MR) is 109 cm³/mol. The third-order valence-corrected chi connectivity index (χ3v) is 6.42. The van der Waals surface area contributed by atoms with Crippen molar-refractivity contribution in [3.8, 4) is 6.07 Å². The molecule has 4 rings (SSSR count). The minimum Gasteiger partial charge on any atom is -0.510 e. The van der Waals surface area contributed by atoms with Gasteiger partial charge in [-0.1, -0.05) is 23.9 Å². The van der Waals surface area contributed by atoms with Crippen molar-refractivity contribution in [2.24, 2.45) is 0 Å². The Bertz CT molecular complexity index is 1200. The van der Waals surface area contributed by atoms with Gasteiger partial charge in [0.25, 0.3) is 0 Å². The van der Waals surface area contributed by atoms with Gasteiger partial charge < -0.3 is 10.1 Å². The zero-order chi connectivity index (χ0) is 19.0. The van der Waals surface area contributed by atoms with E-state index < -0.39 is 0 Å². The molecule has 0 aliphatic carbocycles. The van der Waals surface area contributed by atoms with Gasteiger partial charge in [0.2, 0.25) is 0 Å². The number of nitrogens with one attached hydrogen (secondary N) is 1. The lowest BCUT2D eigenvalue weighted by atomic mass is 10.2. The molecule has 0 amide bonds. The second kappa shape index (κ2) is 7.02. The Morgan fingerprint density at radius 1 is 1.30 bits per heavy atom. The molecule has 3 heterocycles. The molecule has 0 atom stereocenters. The second-order valence-corrected chi connectivity index (χ2v) is 8.13. The molecule has 0 fully saturated rings. The lowest BCUT2D eigenvalue weighted by Gasteiger charge is -2.04. The Balaban J connectivity index is 1.66. The van der Waals surface area contributed by atoms with Crippen molar-refractivity contribution in [2.75, 3.05) is 5.75 Å². The Morgan fingerprint density at radius 2 is 2.11 bits per heavy atom. The summed E-state index contributed by atoms with van der Waals surface area (Å²) >= 11 is 3.02. The van der Waals surface area contributed by atoms with Crippen molar-refractivity contribution in [3.63, 3.8) is 0 Å². The van der Waals surface area contributed by atoms with E-state index in [0.717, 1.165) is 31.8 Å². The Kier molecular flexibility index (Phi) is 4.56. The molecule has 0 bridgehead atoms. The van der Waals surface area contributed by atoms with E-state index in [2.05, 4.69) is 32.9 Å². The van der Waals surface area contributed by atoms with Crippen LogP contribution in [0.2, 0.25) is 0 Å². The summed E-state index contributed by atoms with van der Waals surface area (Å²) in [6.45, 7) is 4.11. The first-order chi connectivity index (χ1) is 13.1. The first-order valence-corrected chi connectivity index (χ1v) is 9.99. The molecular weight excluding hydrogens is 378 g/mol. The van der Waals surface area contributed by atoms with E-state index in [1.54, 1.807) is 11.3 Å². The average Bonchev–Trinajstić information content (AvgIpc) is 3.22. The SMILES string of the molecule is Cc1sc2ncnc(SC/C(O)=C(\C#N)c3nc4ccccc4[nH]3)c2c1C. The molecule has 2 N–H and O–H groups in total. The van der Waals surface area contributed by atoms with E-state index >= 15 is 0 Å². The van der Waals surface area contributed by atoms with E-state index in [4.69, 9.17) is 0 Å². The Morgan fingerprint density at radius 3 is 2.89 bits per heavy atom. The molecule has 0 radical (unpaired) electrons. The van der Waals surface area contributed by atoms with Gasteiger partial charge in [0.15, 0.2) is 5.82 Å². The van der Waals surface area contributed by atoms with Crippen LogP contribution in [0.3, 0.4) is 0 Å². The van der Waals surface area contributed by atoms with Gasteiger partial charge in [0.05, 0.1) is 16.8 Å². The molecule has 27 heavy (non-hydrogen) atoms. The number of aromatic nitrogens is 4. The summed E-state index contributed by atoms with van der Waals surface area (Å²) in [5.74, 6) is 0.561. The van der Waals surface area contributed by atoms with Crippen LogP contribution < -0.4 is 0 Å². The molecule has 3 aromatic heterocycles. The van der Waals surface area contributed by atoms with Crippen molar-refractivity contribution >= 4 is 49.9 Å². The number of nitriles is 1. The third-order valence-electron chi connectivity index (χ3n) is 4.30. The highest BCUT2D eigenvalue weighted by molar-refractivity contribution is 7.99. The molecule has 0 spiro atoms. The molecule has 0 saturated heterocycles. The van der Waals surface area contributed by atoms with Crippen molar-refractivity contribution in [1.29, 1.82) is 5.26 Å². The molecule has 4 aromatic rings. The highest BCUT2D eigenvalue weighted by Crippen LogP contribution is 2.35. The number of nitrogens with zero attached hydrogens (tertiary/aromatic N) is 4. The van der Waals surface area contributed by atoms with Crippen LogP contribution in [0.25, 0.3) is 26.8 Å². The topological polar surface area (TPSA) is 98.5 Å². The molecule has 1 aromatic carbocycles. The number of aromatic amines is 1. The van der Waals surface area contributed by atoms with Gasteiger partial charge in [-0.05, 0) is 31.5 Å². The number of allylic oxidation sites excluding steroid dienone is 1. The van der Waals surface area contributed by atoms with Crippen LogP contribution in [0, 0.1) is 25.2 Å². The number of hydrogen-bond acceptors (Lipinski definition) is 7. The quantitative estimate of drug-likeness (QED) is 0.224. The summed E-state index contributed by atoms with van der Waals surface area (Å²) in [6, 6.07) is 9.57. The molecule has 0 aliphatic heterocycles. The fourth-order valence-electron chi connectivity index (χ4n) is 2.79. The number of hydrogen-bond donors (Lipinski definition) is 2. The predicted octanol–water partition coefficient (Wildman–Crippen LogP) is 4.77. The van der Waals surface area contributed by atoms with Crippen LogP contribution in [-0.4, -0.2) is 30.8 Å². The van der Waals surface area contributed by atoms with Crippen LogP contribution in [0.15, 0.2) is 41.4 Å². The first kappa shape index (κ1) is 17.5. The second-order valence-electron chi connectivity index (χ2n) is 5.97. The summed E-state index contributed by atoms with van der Waals surface area (Å²) in [6.07, 6.45) is 1.53. The number of aliphatic hydroxyl groups excluding tert-OH is 1. The summed E-state index contributed by atoms with van der Waals surface area (Å²) < 4.78 is 0. The number of aryl methyl sites for hydroxylation is 2. The van der Waals surface area contributed by atoms with Gasteiger partial charge in [-0.3, -0.25) is 0 Å². The molecule has 0 unspecified atom stereocenters. The van der Waals surface area contributed by atoms with E-state index in [-0.39, 0.29) is 17.1 Å². The number of para-hydroxylation sites is 2. The monoisotopic (exact) mass is 393 g/mol. The highest BCUT2D eigenvalue weighted by Gasteiger charge is 2.16. The summed E-state index contributed by atoms with van der Waals surface area (Å²) in [7, 11) is 0. The van der Waals surface area contributed by atoms with Crippen LogP contribution in [0.5, 0.6) is 0 Å². The number of H-pyrrole nitrogens is 1. The molecule has 0 saturated carbocycles. The van der Waals surface area contributed by atoms with Crippen LogP contribution in [0.1, 0.15) is 16.3 Å². The zero-order valence-corrected chi connectivity index (χ0v) is 16.3. The van der Waals surface area contributed by atoms with E-state index in [1.807, 2.05) is 31.2 Å². The summed E-state index contributed by atoms with van der Waals surface area (Å²) in [4.78, 5) is 18.3. The van der Waals surface area contributed by atoms with E-state index in [1.165, 1.54) is 23.0 Å². The lowest BCUT2D eigenvalue weighted by Crippen LogP contribution is -1.96.